The fourth-order valence-corrected chi connectivity index (χ4v) is 2.68. The third-order valence-corrected chi connectivity index (χ3v) is 3.79. The van der Waals surface area contributed by atoms with Gasteiger partial charge >= 0.3 is 0 Å². The Morgan fingerprint density at radius 3 is 2.39 bits per heavy atom. The van der Waals surface area contributed by atoms with Gasteiger partial charge in [0.1, 0.15) is 11.9 Å². The molecule has 1 amide bonds. The normalized spacial score (nSPS) is 10.9. The van der Waals surface area contributed by atoms with Crippen molar-refractivity contribution in [2.45, 2.75) is 6.92 Å². The fraction of sp³-hybridized carbons (Fsp3) is 0.200. The lowest BCUT2D eigenvalue weighted by molar-refractivity contribution is -0.117. The molecule has 1 heterocycles. The molecule has 0 aliphatic rings. The van der Waals surface area contributed by atoms with E-state index in [4.69, 9.17) is 0 Å². The molecule has 0 saturated carbocycles. The van der Waals surface area contributed by atoms with Crippen LogP contribution in [0.4, 0.5) is 5.82 Å². The number of hydrogen-bond donors (Lipinski definition) is 1. The molecule has 0 unspecified atom stereocenters. The predicted octanol–water partition coefficient (Wildman–Crippen LogP) is 1.51. The number of carbonyl (C=O) groups excluding carboxylic acids is 1. The Kier molecular flexibility index (Phi) is 4.43. The second kappa shape index (κ2) is 6.14. The van der Waals surface area contributed by atoms with Crippen molar-refractivity contribution in [2.24, 2.45) is 0 Å². The topological polar surface area (TPSA) is 95.2 Å². The third kappa shape index (κ3) is 3.52. The first-order chi connectivity index (χ1) is 10.7. The summed E-state index contributed by atoms with van der Waals surface area (Å²) in [6.45, 7) is 1.35. The Morgan fingerprint density at radius 1 is 1.30 bits per heavy atom. The van der Waals surface area contributed by atoms with Crippen LogP contribution in [0.2, 0.25) is 0 Å². The van der Waals surface area contributed by atoms with Crippen molar-refractivity contribution in [1.82, 2.24) is 4.68 Å². The van der Waals surface area contributed by atoms with Gasteiger partial charge in [-0.3, -0.25) is 14.5 Å². The Balaban J connectivity index is 2.78. The molecule has 0 aliphatic heterocycles. The van der Waals surface area contributed by atoms with Crippen LogP contribution in [0.1, 0.15) is 12.5 Å². The van der Waals surface area contributed by atoms with Gasteiger partial charge in [0.05, 0.1) is 11.8 Å². The van der Waals surface area contributed by atoms with E-state index in [1.54, 1.807) is 24.3 Å². The number of rotatable bonds is 4. The van der Waals surface area contributed by atoms with Crippen molar-refractivity contribution >= 4 is 21.7 Å². The van der Waals surface area contributed by atoms with Crippen LogP contribution in [-0.2, 0) is 14.8 Å². The van der Waals surface area contributed by atoms with Crippen LogP contribution in [0.15, 0.2) is 36.5 Å². The SMILES string of the molecule is CC(=O)N(C)n1cc(C#N)c(-c2ccccc2)c1NS(C)(=O)=O. The number of carbonyl (C=O) groups is 1. The molecule has 0 fully saturated rings. The highest BCUT2D eigenvalue weighted by Crippen LogP contribution is 2.34. The van der Waals surface area contributed by atoms with Crippen molar-refractivity contribution in [3.63, 3.8) is 0 Å². The maximum Gasteiger partial charge on any atom is 0.238 e. The summed E-state index contributed by atoms with van der Waals surface area (Å²) in [6, 6.07) is 11.0. The summed E-state index contributed by atoms with van der Waals surface area (Å²) in [4.78, 5) is 11.7. The van der Waals surface area contributed by atoms with E-state index in [0.717, 1.165) is 6.26 Å². The molecule has 0 bridgehead atoms. The standard InChI is InChI=1S/C15H16N4O3S/c1-11(20)18(2)19-10-13(9-16)14(12-7-5-4-6-8-12)15(19)17-23(3,21)22/h4-8,10,17H,1-3H3. The number of benzene rings is 1. The maximum absolute atomic E-state index is 11.7. The summed E-state index contributed by atoms with van der Waals surface area (Å²) in [6.07, 6.45) is 2.44. The van der Waals surface area contributed by atoms with Crippen LogP contribution in [-0.4, -0.2) is 32.3 Å². The number of sulfonamides is 1. The number of anilines is 1. The molecule has 0 radical (unpaired) electrons. The van der Waals surface area contributed by atoms with Crippen molar-refractivity contribution in [2.75, 3.05) is 23.0 Å². The van der Waals surface area contributed by atoms with E-state index in [1.807, 2.05) is 12.1 Å². The lowest BCUT2D eigenvalue weighted by Gasteiger charge is -2.20. The zero-order chi connectivity index (χ0) is 17.2. The number of nitriles is 1. The smallest absolute Gasteiger partial charge is 0.238 e. The molecule has 23 heavy (non-hydrogen) atoms. The van der Waals surface area contributed by atoms with Crippen molar-refractivity contribution in [3.8, 4) is 17.2 Å². The summed E-state index contributed by atoms with van der Waals surface area (Å²) in [7, 11) is -2.11. The van der Waals surface area contributed by atoms with E-state index in [0.29, 0.717) is 11.1 Å². The molecule has 0 spiro atoms. The van der Waals surface area contributed by atoms with Gasteiger partial charge in [0.2, 0.25) is 15.9 Å². The lowest BCUT2D eigenvalue weighted by atomic mass is 10.0. The van der Waals surface area contributed by atoms with Crippen LogP contribution < -0.4 is 9.73 Å². The number of nitrogens with zero attached hydrogens (tertiary/aromatic N) is 3. The Morgan fingerprint density at radius 2 is 1.91 bits per heavy atom. The van der Waals surface area contributed by atoms with Gasteiger partial charge in [0.15, 0.2) is 0 Å². The molecule has 7 nitrogen and oxygen atoms in total. The van der Waals surface area contributed by atoms with Gasteiger partial charge in [-0.15, -0.1) is 0 Å². The van der Waals surface area contributed by atoms with Crippen molar-refractivity contribution < 1.29 is 13.2 Å². The number of hydrogen-bond acceptors (Lipinski definition) is 4. The molecule has 0 atom stereocenters. The van der Waals surface area contributed by atoms with Gasteiger partial charge in [0.25, 0.3) is 0 Å². The number of aromatic nitrogens is 1. The van der Waals surface area contributed by atoms with Gasteiger partial charge in [0, 0.05) is 25.7 Å². The van der Waals surface area contributed by atoms with Gasteiger partial charge < -0.3 is 0 Å². The number of nitrogens with one attached hydrogen (secondary N) is 1. The Labute approximate surface area is 134 Å². The molecular weight excluding hydrogens is 316 g/mol. The molecular formula is C15H16N4O3S. The zero-order valence-electron chi connectivity index (χ0n) is 12.9. The molecule has 2 rings (SSSR count). The molecule has 1 aromatic carbocycles. The summed E-state index contributed by atoms with van der Waals surface area (Å²) in [5.74, 6) is -0.159. The predicted molar refractivity (Wildman–Crippen MR) is 87.9 cm³/mol. The van der Waals surface area contributed by atoms with Gasteiger partial charge in [-0.2, -0.15) is 5.26 Å². The monoisotopic (exact) mass is 332 g/mol. The molecule has 120 valence electrons. The lowest BCUT2D eigenvalue weighted by Crippen LogP contribution is -2.35. The third-order valence-electron chi connectivity index (χ3n) is 3.23. The highest BCUT2D eigenvalue weighted by Gasteiger charge is 2.23. The Bertz CT molecular complexity index is 879. The van der Waals surface area contributed by atoms with Crippen LogP contribution in [0.5, 0.6) is 0 Å². The molecule has 1 aromatic heterocycles. The second-order valence-corrected chi connectivity index (χ2v) is 6.75. The van der Waals surface area contributed by atoms with Gasteiger partial charge in [-0.05, 0) is 5.56 Å². The van der Waals surface area contributed by atoms with E-state index < -0.39 is 10.0 Å². The largest absolute Gasteiger partial charge is 0.273 e. The fourth-order valence-electron chi connectivity index (χ4n) is 2.14. The average Bonchev–Trinajstić information content (AvgIpc) is 2.83. The van der Waals surface area contributed by atoms with Gasteiger partial charge in [-0.1, -0.05) is 30.3 Å². The highest BCUT2D eigenvalue weighted by atomic mass is 32.2. The van der Waals surface area contributed by atoms with E-state index in [2.05, 4.69) is 4.72 Å². The van der Waals surface area contributed by atoms with E-state index in [9.17, 15) is 18.5 Å². The molecule has 8 heteroatoms. The minimum Gasteiger partial charge on any atom is -0.273 e. The second-order valence-electron chi connectivity index (χ2n) is 5.01. The minimum absolute atomic E-state index is 0.146. The van der Waals surface area contributed by atoms with Crippen LogP contribution in [0, 0.1) is 11.3 Å². The molecule has 0 aliphatic carbocycles. The first kappa shape index (κ1) is 16.6. The Hall–Kier alpha value is -2.79. The van der Waals surface area contributed by atoms with Crippen LogP contribution in [0.3, 0.4) is 0 Å². The summed E-state index contributed by atoms with van der Waals surface area (Å²) in [5, 5.41) is 10.6. The van der Waals surface area contributed by atoms with Crippen molar-refractivity contribution in [3.05, 3.63) is 42.1 Å². The summed E-state index contributed by atoms with van der Waals surface area (Å²) >= 11 is 0. The van der Waals surface area contributed by atoms with E-state index in [-0.39, 0.29) is 17.3 Å². The molecule has 2 aromatic rings. The zero-order valence-corrected chi connectivity index (χ0v) is 13.8. The summed E-state index contributed by atoms with van der Waals surface area (Å²) < 4.78 is 27.2. The van der Waals surface area contributed by atoms with E-state index in [1.165, 1.54) is 29.9 Å². The highest BCUT2D eigenvalue weighted by molar-refractivity contribution is 7.92. The van der Waals surface area contributed by atoms with Crippen LogP contribution >= 0.6 is 0 Å². The van der Waals surface area contributed by atoms with Gasteiger partial charge in [-0.25, -0.2) is 13.1 Å². The molecule has 0 saturated heterocycles. The first-order valence-electron chi connectivity index (χ1n) is 6.68. The molecule has 1 N–H and O–H groups in total. The van der Waals surface area contributed by atoms with E-state index >= 15 is 0 Å². The quantitative estimate of drug-likeness (QED) is 0.918. The number of amides is 1. The van der Waals surface area contributed by atoms with Crippen LogP contribution in [0.25, 0.3) is 11.1 Å². The maximum atomic E-state index is 11.7. The first-order valence-corrected chi connectivity index (χ1v) is 8.57. The average molecular weight is 332 g/mol. The summed E-state index contributed by atoms with van der Waals surface area (Å²) in [5.41, 5.74) is 1.35. The van der Waals surface area contributed by atoms with Crippen molar-refractivity contribution in [1.29, 1.82) is 5.26 Å². The minimum atomic E-state index is -3.60.